The van der Waals surface area contributed by atoms with E-state index in [0.717, 1.165) is 31.3 Å². The highest BCUT2D eigenvalue weighted by Gasteiger charge is 2.27. The summed E-state index contributed by atoms with van der Waals surface area (Å²) in [5.74, 6) is 1.68. The summed E-state index contributed by atoms with van der Waals surface area (Å²) in [5.41, 5.74) is 0. The topological polar surface area (TPSA) is 30.3 Å². The van der Waals surface area contributed by atoms with E-state index in [2.05, 4.69) is 23.6 Å². The Hall–Kier alpha value is -0.570. The van der Waals surface area contributed by atoms with Gasteiger partial charge in [-0.25, -0.2) is 0 Å². The van der Waals surface area contributed by atoms with Crippen molar-refractivity contribution in [1.29, 1.82) is 5.41 Å². The Kier molecular flexibility index (Phi) is 3.85. The molecule has 0 spiro atoms. The predicted octanol–water partition coefficient (Wildman–Crippen LogP) is 2.18. The first-order chi connectivity index (χ1) is 7.66. The molecule has 2 saturated heterocycles. The van der Waals surface area contributed by atoms with E-state index in [0.29, 0.717) is 6.04 Å². The molecule has 0 aromatic carbocycles. The fourth-order valence-electron chi connectivity index (χ4n) is 2.88. The second-order valence-corrected chi connectivity index (χ2v) is 5.59. The molecule has 1 N–H and O–H groups in total. The highest BCUT2D eigenvalue weighted by molar-refractivity contribution is 5.79. The lowest BCUT2D eigenvalue weighted by molar-refractivity contribution is 0.249. The van der Waals surface area contributed by atoms with Crippen molar-refractivity contribution >= 4 is 5.84 Å². The van der Waals surface area contributed by atoms with Crippen molar-refractivity contribution in [2.75, 3.05) is 26.2 Å². The second-order valence-electron chi connectivity index (χ2n) is 5.59. The average Bonchev–Trinajstić information content (AvgIpc) is 2.70. The Morgan fingerprint density at radius 2 is 2.12 bits per heavy atom. The third kappa shape index (κ3) is 2.76. The molecule has 0 bridgehead atoms. The maximum atomic E-state index is 7.96. The molecular weight excluding hydrogens is 198 g/mol. The minimum absolute atomic E-state index is 0.686. The maximum absolute atomic E-state index is 7.96. The van der Waals surface area contributed by atoms with E-state index in [9.17, 15) is 0 Å². The van der Waals surface area contributed by atoms with Crippen LogP contribution in [-0.2, 0) is 0 Å². The number of amidine groups is 1. The zero-order chi connectivity index (χ0) is 11.5. The van der Waals surface area contributed by atoms with Crippen LogP contribution in [0.25, 0.3) is 0 Å². The second kappa shape index (κ2) is 5.17. The number of nitrogens with one attached hydrogen (secondary N) is 1. The Morgan fingerprint density at radius 3 is 2.75 bits per heavy atom. The lowest BCUT2D eigenvalue weighted by Gasteiger charge is -2.31. The maximum Gasteiger partial charge on any atom is 0.0957 e. The van der Waals surface area contributed by atoms with E-state index < -0.39 is 0 Å². The summed E-state index contributed by atoms with van der Waals surface area (Å²) in [7, 11) is 0. The van der Waals surface area contributed by atoms with Gasteiger partial charge in [0, 0.05) is 32.1 Å². The van der Waals surface area contributed by atoms with Gasteiger partial charge in [0.15, 0.2) is 0 Å². The lowest BCUT2D eigenvalue weighted by Crippen LogP contribution is -2.39. The van der Waals surface area contributed by atoms with Crippen LogP contribution in [0.15, 0.2) is 0 Å². The zero-order valence-corrected chi connectivity index (χ0v) is 10.7. The number of hydrogen-bond donors (Lipinski definition) is 1. The SMILES string of the molecule is CC(C)N1CCC(CN2CCCCC2=N)C1. The Labute approximate surface area is 99.3 Å². The Morgan fingerprint density at radius 1 is 1.31 bits per heavy atom. The monoisotopic (exact) mass is 223 g/mol. The van der Waals surface area contributed by atoms with E-state index >= 15 is 0 Å². The number of hydrogen-bond acceptors (Lipinski definition) is 2. The van der Waals surface area contributed by atoms with Crippen molar-refractivity contribution in [3.63, 3.8) is 0 Å². The van der Waals surface area contributed by atoms with Gasteiger partial charge >= 0.3 is 0 Å². The van der Waals surface area contributed by atoms with Crippen LogP contribution >= 0.6 is 0 Å². The van der Waals surface area contributed by atoms with Gasteiger partial charge in [-0.2, -0.15) is 0 Å². The van der Waals surface area contributed by atoms with E-state index in [1.807, 2.05) is 0 Å². The molecular formula is C13H25N3. The minimum Gasteiger partial charge on any atom is -0.360 e. The Bertz CT molecular complexity index is 250. The first kappa shape index (κ1) is 11.9. The molecule has 0 aromatic heterocycles. The predicted molar refractivity (Wildman–Crippen MR) is 68.0 cm³/mol. The molecule has 0 aromatic rings. The molecule has 3 heteroatoms. The van der Waals surface area contributed by atoms with Gasteiger partial charge in [-0.1, -0.05) is 0 Å². The third-order valence-electron chi connectivity index (χ3n) is 4.00. The van der Waals surface area contributed by atoms with Gasteiger partial charge < -0.3 is 9.80 Å². The molecule has 16 heavy (non-hydrogen) atoms. The van der Waals surface area contributed by atoms with E-state index in [4.69, 9.17) is 5.41 Å². The van der Waals surface area contributed by atoms with Crippen LogP contribution in [0.3, 0.4) is 0 Å². The van der Waals surface area contributed by atoms with Gasteiger partial charge in [-0.15, -0.1) is 0 Å². The van der Waals surface area contributed by atoms with Gasteiger partial charge in [0.1, 0.15) is 0 Å². The van der Waals surface area contributed by atoms with Crippen molar-refractivity contribution in [2.24, 2.45) is 5.92 Å². The van der Waals surface area contributed by atoms with Crippen LogP contribution in [0.2, 0.25) is 0 Å². The van der Waals surface area contributed by atoms with Crippen LogP contribution in [-0.4, -0.2) is 47.9 Å². The first-order valence-corrected chi connectivity index (χ1v) is 6.73. The molecule has 2 rings (SSSR count). The number of likely N-dealkylation sites (tertiary alicyclic amines) is 2. The summed E-state index contributed by atoms with van der Waals surface area (Å²) < 4.78 is 0. The van der Waals surface area contributed by atoms with E-state index in [1.165, 1.54) is 32.4 Å². The molecule has 0 aliphatic carbocycles. The third-order valence-corrected chi connectivity index (χ3v) is 4.00. The van der Waals surface area contributed by atoms with Crippen molar-refractivity contribution in [3.8, 4) is 0 Å². The van der Waals surface area contributed by atoms with Gasteiger partial charge in [-0.3, -0.25) is 5.41 Å². The molecule has 92 valence electrons. The molecule has 2 aliphatic heterocycles. The minimum atomic E-state index is 0.686. The summed E-state index contributed by atoms with van der Waals surface area (Å²) in [4.78, 5) is 4.89. The summed E-state index contributed by atoms with van der Waals surface area (Å²) in [6.07, 6.45) is 4.82. The molecule has 2 heterocycles. The molecule has 0 radical (unpaired) electrons. The molecule has 0 saturated carbocycles. The number of piperidine rings is 1. The number of rotatable bonds is 3. The largest absolute Gasteiger partial charge is 0.360 e. The molecule has 2 aliphatic rings. The fraction of sp³-hybridized carbons (Fsp3) is 0.923. The summed E-state index contributed by atoms with van der Waals surface area (Å²) in [6.45, 7) is 9.31. The highest BCUT2D eigenvalue weighted by Crippen LogP contribution is 2.21. The van der Waals surface area contributed by atoms with E-state index in [-0.39, 0.29) is 0 Å². The molecule has 2 fully saturated rings. The van der Waals surface area contributed by atoms with Crippen LogP contribution < -0.4 is 0 Å². The zero-order valence-electron chi connectivity index (χ0n) is 10.7. The van der Waals surface area contributed by atoms with Crippen molar-refractivity contribution in [1.82, 2.24) is 9.80 Å². The average molecular weight is 223 g/mol. The van der Waals surface area contributed by atoms with E-state index in [1.54, 1.807) is 0 Å². The molecule has 0 amide bonds. The number of nitrogens with zero attached hydrogens (tertiary/aromatic N) is 2. The van der Waals surface area contributed by atoms with Crippen LogP contribution in [0.4, 0.5) is 0 Å². The van der Waals surface area contributed by atoms with Crippen LogP contribution in [0.5, 0.6) is 0 Å². The van der Waals surface area contributed by atoms with Gasteiger partial charge in [0.25, 0.3) is 0 Å². The highest BCUT2D eigenvalue weighted by atomic mass is 15.2. The van der Waals surface area contributed by atoms with Gasteiger partial charge in [0.2, 0.25) is 0 Å². The van der Waals surface area contributed by atoms with Crippen molar-refractivity contribution in [2.45, 2.75) is 45.6 Å². The lowest BCUT2D eigenvalue weighted by atomic mass is 10.0. The summed E-state index contributed by atoms with van der Waals surface area (Å²) >= 11 is 0. The smallest absolute Gasteiger partial charge is 0.0957 e. The summed E-state index contributed by atoms with van der Waals surface area (Å²) in [6, 6.07) is 0.686. The van der Waals surface area contributed by atoms with Gasteiger partial charge in [-0.05, 0) is 45.6 Å². The first-order valence-electron chi connectivity index (χ1n) is 6.73. The fourth-order valence-corrected chi connectivity index (χ4v) is 2.88. The van der Waals surface area contributed by atoms with Gasteiger partial charge in [0.05, 0.1) is 5.84 Å². The van der Waals surface area contributed by atoms with Crippen LogP contribution in [0, 0.1) is 11.3 Å². The summed E-state index contributed by atoms with van der Waals surface area (Å²) in [5, 5.41) is 7.96. The van der Waals surface area contributed by atoms with Crippen molar-refractivity contribution in [3.05, 3.63) is 0 Å². The molecule has 3 nitrogen and oxygen atoms in total. The quantitative estimate of drug-likeness (QED) is 0.795. The van der Waals surface area contributed by atoms with Crippen LogP contribution in [0.1, 0.15) is 39.5 Å². The molecule has 1 atom stereocenters. The standard InChI is InChI=1S/C13H25N3/c1-11(2)15-8-6-12(9-15)10-16-7-4-3-5-13(16)14/h11-12,14H,3-10H2,1-2H3. The normalized spacial score (nSPS) is 28.1. The Balaban J connectivity index is 1.80. The molecule has 1 unspecified atom stereocenters. The van der Waals surface area contributed by atoms with Crippen molar-refractivity contribution < 1.29 is 0 Å².